The van der Waals surface area contributed by atoms with Crippen molar-refractivity contribution in [1.29, 1.82) is 0 Å². The Hall–Kier alpha value is -0.870. The molecule has 82 valence electrons. The fraction of sp³-hybridized carbons (Fsp3) is 0.700. The fourth-order valence-corrected chi connectivity index (χ4v) is 0.961. The van der Waals surface area contributed by atoms with Crippen molar-refractivity contribution in [2.45, 2.75) is 25.9 Å². The third-order valence-electron chi connectivity index (χ3n) is 1.68. The van der Waals surface area contributed by atoms with Gasteiger partial charge in [0.25, 0.3) is 0 Å². The minimum atomic E-state index is -0.362. The zero-order chi connectivity index (χ0) is 10.8. The smallest absolute Gasteiger partial charge is 0.330 e. The van der Waals surface area contributed by atoms with Gasteiger partial charge in [0, 0.05) is 19.8 Å². The summed E-state index contributed by atoms with van der Waals surface area (Å²) in [6, 6.07) is 0. The summed E-state index contributed by atoms with van der Waals surface area (Å²) in [4.78, 5) is 10.9. The predicted molar refractivity (Wildman–Crippen MR) is 52.9 cm³/mol. The summed E-state index contributed by atoms with van der Waals surface area (Å²) in [6.45, 7) is 2.26. The number of hydrogen-bond acceptors (Lipinski definition) is 4. The number of esters is 1. The van der Waals surface area contributed by atoms with E-state index in [1.807, 2.05) is 0 Å². The van der Waals surface area contributed by atoms with Crippen molar-refractivity contribution >= 4 is 5.97 Å². The van der Waals surface area contributed by atoms with Gasteiger partial charge in [0.15, 0.2) is 0 Å². The van der Waals surface area contributed by atoms with Crippen molar-refractivity contribution in [3.63, 3.8) is 0 Å². The number of carbonyl (C=O) groups excluding carboxylic acids is 1. The van der Waals surface area contributed by atoms with Gasteiger partial charge >= 0.3 is 5.97 Å². The molecule has 0 bridgehead atoms. The highest BCUT2D eigenvalue weighted by Gasteiger charge is 2.03. The van der Waals surface area contributed by atoms with E-state index in [1.54, 1.807) is 20.1 Å². The molecule has 0 spiro atoms. The normalized spacial score (nSPS) is 13.1. The average molecular weight is 202 g/mol. The molecule has 0 unspecified atom stereocenters. The Morgan fingerprint density at radius 2 is 2.29 bits per heavy atom. The van der Waals surface area contributed by atoms with Gasteiger partial charge in [0.05, 0.1) is 12.7 Å². The Labute approximate surface area is 84.5 Å². The van der Waals surface area contributed by atoms with E-state index in [9.17, 15) is 4.79 Å². The van der Waals surface area contributed by atoms with Crippen LogP contribution in [0.1, 0.15) is 19.8 Å². The molecule has 0 saturated carbocycles. The molecule has 4 nitrogen and oxygen atoms in total. The van der Waals surface area contributed by atoms with E-state index in [0.29, 0.717) is 19.4 Å². The number of rotatable bonds is 7. The van der Waals surface area contributed by atoms with Gasteiger partial charge in [-0.15, -0.1) is 0 Å². The van der Waals surface area contributed by atoms with Gasteiger partial charge in [0.1, 0.15) is 0 Å². The van der Waals surface area contributed by atoms with Crippen molar-refractivity contribution < 1.29 is 19.4 Å². The Balaban J connectivity index is 3.84. The number of methoxy groups -OCH3 is 1. The Bertz CT molecular complexity index is 177. The lowest BCUT2D eigenvalue weighted by Gasteiger charge is -2.08. The second kappa shape index (κ2) is 8.72. The van der Waals surface area contributed by atoms with E-state index < -0.39 is 0 Å². The first-order valence-corrected chi connectivity index (χ1v) is 4.73. The molecule has 1 N–H and O–H groups in total. The van der Waals surface area contributed by atoms with E-state index in [2.05, 4.69) is 0 Å². The zero-order valence-electron chi connectivity index (χ0n) is 8.73. The van der Waals surface area contributed by atoms with E-state index in [-0.39, 0.29) is 18.7 Å². The highest BCUT2D eigenvalue weighted by molar-refractivity contribution is 5.81. The average Bonchev–Trinajstić information content (AvgIpc) is 2.19. The van der Waals surface area contributed by atoms with E-state index in [0.717, 1.165) is 0 Å². The molecule has 0 amide bonds. The predicted octanol–water partition coefficient (Wildman–Crippen LogP) is 0.893. The van der Waals surface area contributed by atoms with Crippen LogP contribution >= 0.6 is 0 Å². The molecule has 0 aliphatic rings. The number of carbonyl (C=O) groups is 1. The summed E-state index contributed by atoms with van der Waals surface area (Å²) in [5, 5.41) is 8.60. The second-order valence-corrected chi connectivity index (χ2v) is 2.75. The van der Waals surface area contributed by atoms with Gasteiger partial charge in [0.2, 0.25) is 0 Å². The van der Waals surface area contributed by atoms with Crippen LogP contribution in [0.5, 0.6) is 0 Å². The monoisotopic (exact) mass is 202 g/mol. The first kappa shape index (κ1) is 13.1. The van der Waals surface area contributed by atoms with Crippen LogP contribution in [0.3, 0.4) is 0 Å². The highest BCUT2D eigenvalue weighted by Crippen LogP contribution is 2.02. The minimum Gasteiger partial charge on any atom is -0.463 e. The quantitative estimate of drug-likeness (QED) is 0.492. The first-order valence-electron chi connectivity index (χ1n) is 4.73. The third-order valence-corrected chi connectivity index (χ3v) is 1.68. The molecule has 0 aliphatic heterocycles. The SMILES string of the molecule is CCOC(=O)/C=C/[C@@H](CCCO)OC. The molecule has 0 radical (unpaired) electrons. The number of hydrogen-bond donors (Lipinski definition) is 1. The van der Waals surface area contributed by atoms with E-state index in [1.165, 1.54) is 6.08 Å². The fourth-order valence-electron chi connectivity index (χ4n) is 0.961. The van der Waals surface area contributed by atoms with Crippen molar-refractivity contribution in [3.8, 4) is 0 Å². The number of ether oxygens (including phenoxy) is 2. The number of aliphatic hydroxyl groups excluding tert-OH is 1. The maximum absolute atomic E-state index is 10.9. The summed E-state index contributed by atoms with van der Waals surface area (Å²) >= 11 is 0. The minimum absolute atomic E-state index is 0.132. The summed E-state index contributed by atoms with van der Waals surface area (Å²) in [5.74, 6) is -0.362. The Morgan fingerprint density at radius 1 is 1.57 bits per heavy atom. The topological polar surface area (TPSA) is 55.8 Å². The van der Waals surface area contributed by atoms with Gasteiger partial charge < -0.3 is 14.6 Å². The van der Waals surface area contributed by atoms with Crippen molar-refractivity contribution in [2.24, 2.45) is 0 Å². The van der Waals surface area contributed by atoms with Crippen LogP contribution in [0.15, 0.2) is 12.2 Å². The van der Waals surface area contributed by atoms with Crippen LogP contribution in [0.4, 0.5) is 0 Å². The molecule has 0 fully saturated rings. The van der Waals surface area contributed by atoms with Crippen LogP contribution < -0.4 is 0 Å². The molecular weight excluding hydrogens is 184 g/mol. The molecule has 0 aromatic rings. The number of aliphatic hydroxyl groups is 1. The lowest BCUT2D eigenvalue weighted by atomic mass is 10.2. The van der Waals surface area contributed by atoms with E-state index in [4.69, 9.17) is 14.6 Å². The molecule has 1 atom stereocenters. The van der Waals surface area contributed by atoms with Crippen molar-refractivity contribution in [2.75, 3.05) is 20.3 Å². The lowest BCUT2D eigenvalue weighted by Crippen LogP contribution is -2.09. The Morgan fingerprint density at radius 3 is 2.79 bits per heavy atom. The molecule has 0 aromatic heterocycles. The van der Waals surface area contributed by atoms with Gasteiger partial charge in [-0.2, -0.15) is 0 Å². The van der Waals surface area contributed by atoms with Crippen LogP contribution in [0.2, 0.25) is 0 Å². The molecule has 0 aromatic carbocycles. The maximum atomic E-state index is 10.9. The molecule has 14 heavy (non-hydrogen) atoms. The standard InChI is InChI=1S/C10H18O4/c1-3-14-10(12)7-6-9(13-2)5-4-8-11/h6-7,9,11H,3-5,8H2,1-2H3/b7-6+/t9-/m1/s1. The van der Waals surface area contributed by atoms with Crippen LogP contribution in [-0.4, -0.2) is 37.5 Å². The van der Waals surface area contributed by atoms with Gasteiger partial charge in [-0.1, -0.05) is 0 Å². The molecule has 0 aliphatic carbocycles. The third kappa shape index (κ3) is 6.62. The maximum Gasteiger partial charge on any atom is 0.330 e. The summed E-state index contributed by atoms with van der Waals surface area (Å²) in [6.07, 6.45) is 4.23. The van der Waals surface area contributed by atoms with Gasteiger partial charge in [-0.05, 0) is 25.8 Å². The molecule has 0 saturated heterocycles. The van der Waals surface area contributed by atoms with Gasteiger partial charge in [-0.25, -0.2) is 4.79 Å². The van der Waals surface area contributed by atoms with Crippen LogP contribution in [-0.2, 0) is 14.3 Å². The van der Waals surface area contributed by atoms with E-state index >= 15 is 0 Å². The summed E-state index contributed by atoms with van der Waals surface area (Å²) in [7, 11) is 1.57. The van der Waals surface area contributed by atoms with Crippen LogP contribution in [0, 0.1) is 0 Å². The van der Waals surface area contributed by atoms with Crippen LogP contribution in [0.25, 0.3) is 0 Å². The second-order valence-electron chi connectivity index (χ2n) is 2.75. The Kier molecular flexibility index (Phi) is 8.17. The molecule has 0 rings (SSSR count). The molecule has 0 heterocycles. The molecule has 4 heteroatoms. The van der Waals surface area contributed by atoms with Crippen molar-refractivity contribution in [3.05, 3.63) is 12.2 Å². The highest BCUT2D eigenvalue weighted by atomic mass is 16.5. The van der Waals surface area contributed by atoms with Crippen molar-refractivity contribution in [1.82, 2.24) is 0 Å². The first-order chi connectivity index (χ1) is 6.74. The lowest BCUT2D eigenvalue weighted by molar-refractivity contribution is -0.137. The van der Waals surface area contributed by atoms with Gasteiger partial charge in [-0.3, -0.25) is 0 Å². The summed E-state index contributed by atoms with van der Waals surface area (Å²) in [5.41, 5.74) is 0. The summed E-state index contributed by atoms with van der Waals surface area (Å²) < 4.78 is 9.79. The largest absolute Gasteiger partial charge is 0.463 e. The molecular formula is C10H18O4. The zero-order valence-corrected chi connectivity index (χ0v) is 8.73.